The fourth-order valence-corrected chi connectivity index (χ4v) is 4.35. The zero-order chi connectivity index (χ0) is 26.7. The molecular weight excluding hydrogens is 492 g/mol. The molecule has 2 aromatic rings. The summed E-state index contributed by atoms with van der Waals surface area (Å²) in [7, 11) is -2.83. The maximum Gasteiger partial charge on any atom is 0.337 e. The van der Waals surface area contributed by atoms with Crippen molar-refractivity contribution >= 4 is 39.8 Å². The van der Waals surface area contributed by atoms with E-state index in [0.29, 0.717) is 18.3 Å². The summed E-state index contributed by atoms with van der Waals surface area (Å²) in [5.41, 5.74) is 9.93. The van der Waals surface area contributed by atoms with Gasteiger partial charge in [0.1, 0.15) is 18.5 Å². The van der Waals surface area contributed by atoms with Crippen molar-refractivity contribution in [2.75, 3.05) is 18.4 Å². The summed E-state index contributed by atoms with van der Waals surface area (Å²) in [6, 6.07) is 7.74. The number of amides is 1. The van der Waals surface area contributed by atoms with Crippen LogP contribution in [-0.4, -0.2) is 56.8 Å². The number of aromatic nitrogens is 1. The molecule has 194 valence electrons. The van der Waals surface area contributed by atoms with Crippen molar-refractivity contribution in [1.29, 1.82) is 0 Å². The van der Waals surface area contributed by atoms with Crippen LogP contribution in [-0.2, 0) is 36.6 Å². The molecule has 1 heterocycles. The molecule has 2 rings (SSSR count). The number of benzene rings is 1. The third-order valence-corrected chi connectivity index (χ3v) is 6.03. The highest BCUT2D eigenvalue weighted by molar-refractivity contribution is 7.91. The van der Waals surface area contributed by atoms with E-state index in [4.69, 9.17) is 11.5 Å². The van der Waals surface area contributed by atoms with Gasteiger partial charge in [0.05, 0.1) is 24.5 Å². The average Bonchev–Trinajstić information content (AvgIpc) is 2.82. The molecule has 6 N–H and O–H groups in total. The predicted molar refractivity (Wildman–Crippen MR) is 133 cm³/mol. The number of ether oxygens (including phenoxy) is 1. The van der Waals surface area contributed by atoms with E-state index in [-0.39, 0.29) is 30.2 Å². The predicted octanol–water partition coefficient (Wildman–Crippen LogP) is -0.686. The van der Waals surface area contributed by atoms with E-state index in [2.05, 4.69) is 19.8 Å². The fraction of sp³-hybridized carbons (Fsp3) is 0.318. The van der Waals surface area contributed by atoms with E-state index in [0.717, 1.165) is 4.57 Å². The van der Waals surface area contributed by atoms with Gasteiger partial charge >= 0.3 is 5.97 Å². The molecule has 0 saturated carbocycles. The lowest BCUT2D eigenvalue weighted by Gasteiger charge is -2.14. The highest BCUT2D eigenvalue weighted by Crippen LogP contribution is 2.12. The monoisotopic (exact) mass is 520 g/mol. The molecule has 13 nitrogen and oxygen atoms in total. The van der Waals surface area contributed by atoms with E-state index in [9.17, 15) is 27.6 Å². The van der Waals surface area contributed by atoms with Crippen molar-refractivity contribution < 1.29 is 27.5 Å². The number of carbonyl (C=O) groups is 3. The second-order valence-electron chi connectivity index (χ2n) is 7.67. The number of nitrogens with two attached hydrogens (primary N) is 2. The quantitative estimate of drug-likeness (QED) is 0.0866. The Morgan fingerprint density at radius 3 is 2.64 bits per heavy atom. The first-order valence-electron chi connectivity index (χ1n) is 10.7. The van der Waals surface area contributed by atoms with Crippen molar-refractivity contribution in [2.24, 2.45) is 16.5 Å². The standard InChI is InChI=1S/C22H28N6O7S/c1-35-21(32)16-6-2-5-15(11-16)14-36(33,34)27-18-8-4-10-28(20(18)31)12-19(30)26-17(13-29)7-3-9-25-22(23)24/h2,4-6,8,10-11,13,17,27H,3,7,9,12,14H2,1H3,(H,26,30)(H4,23,24,25). The smallest absolute Gasteiger partial charge is 0.337 e. The average molecular weight is 521 g/mol. The van der Waals surface area contributed by atoms with Gasteiger partial charge in [-0.05, 0) is 42.7 Å². The summed E-state index contributed by atoms with van der Waals surface area (Å²) in [6.07, 6.45) is 2.61. The first kappa shape index (κ1) is 28.0. The second-order valence-corrected chi connectivity index (χ2v) is 9.39. The Balaban J connectivity index is 2.05. The number of nitrogens with zero attached hydrogens (tertiary/aromatic N) is 2. The number of pyridine rings is 1. The Morgan fingerprint density at radius 2 is 1.97 bits per heavy atom. The van der Waals surface area contributed by atoms with Crippen LogP contribution in [0.5, 0.6) is 0 Å². The summed E-state index contributed by atoms with van der Waals surface area (Å²) in [5.74, 6) is -1.81. The van der Waals surface area contributed by atoms with Gasteiger partial charge in [0, 0.05) is 12.7 Å². The number of aliphatic imine (C=N–C) groups is 1. The van der Waals surface area contributed by atoms with E-state index in [1.165, 1.54) is 49.7 Å². The van der Waals surface area contributed by atoms with E-state index >= 15 is 0 Å². The number of anilines is 1. The number of hydrogen-bond acceptors (Lipinski definition) is 8. The number of esters is 1. The molecule has 0 bridgehead atoms. The van der Waals surface area contributed by atoms with Gasteiger partial charge in [0.25, 0.3) is 5.56 Å². The lowest BCUT2D eigenvalue weighted by molar-refractivity contribution is -0.124. The van der Waals surface area contributed by atoms with Crippen molar-refractivity contribution in [1.82, 2.24) is 9.88 Å². The minimum Gasteiger partial charge on any atom is -0.465 e. The molecule has 1 atom stereocenters. The van der Waals surface area contributed by atoms with Gasteiger partial charge in [-0.2, -0.15) is 0 Å². The largest absolute Gasteiger partial charge is 0.465 e. The van der Waals surface area contributed by atoms with Gasteiger partial charge in [-0.15, -0.1) is 0 Å². The first-order valence-corrected chi connectivity index (χ1v) is 12.4. The van der Waals surface area contributed by atoms with Crippen LogP contribution in [0.15, 0.2) is 52.4 Å². The Morgan fingerprint density at radius 1 is 1.22 bits per heavy atom. The van der Waals surface area contributed by atoms with Crippen LogP contribution in [0.4, 0.5) is 5.69 Å². The zero-order valence-electron chi connectivity index (χ0n) is 19.5. The van der Waals surface area contributed by atoms with Gasteiger partial charge < -0.3 is 30.9 Å². The summed E-state index contributed by atoms with van der Waals surface area (Å²) in [6.45, 7) is -0.148. The van der Waals surface area contributed by atoms with Crippen LogP contribution in [0, 0.1) is 0 Å². The summed E-state index contributed by atoms with van der Waals surface area (Å²) in [5, 5.41) is 2.50. The van der Waals surface area contributed by atoms with Crippen LogP contribution in [0.3, 0.4) is 0 Å². The van der Waals surface area contributed by atoms with E-state index < -0.39 is 45.8 Å². The molecule has 1 amide bonds. The first-order chi connectivity index (χ1) is 17.0. The summed E-state index contributed by atoms with van der Waals surface area (Å²) >= 11 is 0. The maximum absolute atomic E-state index is 12.7. The van der Waals surface area contributed by atoms with E-state index in [1.54, 1.807) is 0 Å². The van der Waals surface area contributed by atoms with Gasteiger partial charge in [-0.3, -0.25) is 19.3 Å². The topological polar surface area (TPSA) is 205 Å². The molecule has 14 heteroatoms. The molecule has 0 fully saturated rings. The molecule has 1 unspecified atom stereocenters. The molecule has 0 aliphatic heterocycles. The second kappa shape index (κ2) is 13.0. The Hall–Kier alpha value is -4.20. The number of aldehydes is 1. The van der Waals surface area contributed by atoms with Crippen molar-refractivity contribution in [3.8, 4) is 0 Å². The summed E-state index contributed by atoms with van der Waals surface area (Å²) in [4.78, 5) is 51.8. The number of hydrogen-bond donors (Lipinski definition) is 4. The van der Waals surface area contributed by atoms with Crippen LogP contribution < -0.4 is 27.1 Å². The molecule has 36 heavy (non-hydrogen) atoms. The van der Waals surface area contributed by atoms with E-state index in [1.807, 2.05) is 0 Å². The Labute approximate surface area is 207 Å². The highest BCUT2D eigenvalue weighted by Gasteiger charge is 2.17. The third kappa shape index (κ3) is 8.87. The number of carbonyl (C=O) groups excluding carboxylic acids is 3. The highest BCUT2D eigenvalue weighted by atomic mass is 32.2. The van der Waals surface area contributed by atoms with Gasteiger partial charge in [0.2, 0.25) is 15.9 Å². The molecule has 1 aromatic carbocycles. The number of guanidine groups is 1. The lowest BCUT2D eigenvalue weighted by atomic mass is 10.1. The number of nitrogens with one attached hydrogen (secondary N) is 2. The molecule has 0 aliphatic rings. The Kier molecular flexibility index (Phi) is 10.2. The number of rotatable bonds is 13. The number of methoxy groups -OCH3 is 1. The SMILES string of the molecule is COC(=O)c1cccc(CS(=O)(=O)Nc2cccn(CC(=O)NC(C=O)CCCN=C(N)N)c2=O)c1. The molecule has 0 saturated heterocycles. The molecular formula is C22H28N6O7S. The van der Waals surface area contributed by atoms with Gasteiger partial charge in [-0.1, -0.05) is 12.1 Å². The molecule has 1 aromatic heterocycles. The minimum atomic E-state index is -4.04. The van der Waals surface area contributed by atoms with Crippen molar-refractivity contribution in [3.05, 3.63) is 64.1 Å². The third-order valence-electron chi connectivity index (χ3n) is 4.78. The van der Waals surface area contributed by atoms with Crippen LogP contribution in [0.1, 0.15) is 28.8 Å². The fourth-order valence-electron chi connectivity index (χ4n) is 3.17. The maximum atomic E-state index is 12.7. The Bertz CT molecular complexity index is 1290. The van der Waals surface area contributed by atoms with Crippen molar-refractivity contribution in [2.45, 2.75) is 31.2 Å². The van der Waals surface area contributed by atoms with Gasteiger partial charge in [0.15, 0.2) is 5.96 Å². The van der Waals surface area contributed by atoms with Crippen LogP contribution in [0.2, 0.25) is 0 Å². The van der Waals surface area contributed by atoms with Crippen molar-refractivity contribution in [3.63, 3.8) is 0 Å². The lowest BCUT2D eigenvalue weighted by Crippen LogP contribution is -2.40. The molecule has 0 aliphatic carbocycles. The minimum absolute atomic E-state index is 0.0775. The summed E-state index contributed by atoms with van der Waals surface area (Å²) < 4.78 is 33.1. The normalized spacial score (nSPS) is 11.7. The van der Waals surface area contributed by atoms with Crippen LogP contribution >= 0.6 is 0 Å². The number of sulfonamides is 1. The zero-order valence-corrected chi connectivity index (χ0v) is 20.4. The van der Waals surface area contributed by atoms with Crippen LogP contribution in [0.25, 0.3) is 0 Å². The molecule has 0 spiro atoms. The molecule has 0 radical (unpaired) electrons. The van der Waals surface area contributed by atoms with Gasteiger partial charge in [-0.25, -0.2) is 13.2 Å².